The summed E-state index contributed by atoms with van der Waals surface area (Å²) in [6, 6.07) is 5.82. The second-order valence-corrected chi connectivity index (χ2v) is 7.39. The highest BCUT2D eigenvalue weighted by atomic mass is 32.2. The third kappa shape index (κ3) is 3.55. The summed E-state index contributed by atoms with van der Waals surface area (Å²) in [5.41, 5.74) is 2.74. The summed E-state index contributed by atoms with van der Waals surface area (Å²) < 4.78 is 31.0. The molecule has 24 heavy (non-hydrogen) atoms. The number of hydrogen-bond donors (Lipinski definition) is 2. The Kier molecular flexibility index (Phi) is 4.51. The van der Waals surface area contributed by atoms with Gasteiger partial charge in [0.15, 0.2) is 4.96 Å². The van der Waals surface area contributed by atoms with Crippen LogP contribution in [0.4, 0.5) is 0 Å². The molecule has 0 atom stereocenters. The van der Waals surface area contributed by atoms with Crippen LogP contribution in [0.3, 0.4) is 0 Å². The van der Waals surface area contributed by atoms with E-state index in [1.165, 1.54) is 42.7 Å². The lowest BCUT2D eigenvalue weighted by Gasteiger charge is -2.08. The van der Waals surface area contributed by atoms with E-state index in [2.05, 4.69) is 15.2 Å². The topological polar surface area (TPSA) is 102 Å². The van der Waals surface area contributed by atoms with Crippen molar-refractivity contribution in [1.82, 2.24) is 19.6 Å². The van der Waals surface area contributed by atoms with Gasteiger partial charge in [0.25, 0.3) is 10.0 Å². The van der Waals surface area contributed by atoms with Crippen LogP contribution < -0.4 is 15.0 Å². The maximum absolute atomic E-state index is 12.1. The number of benzene rings is 1. The highest BCUT2D eigenvalue weighted by Crippen LogP contribution is 2.15. The first-order valence-electron chi connectivity index (χ1n) is 6.84. The van der Waals surface area contributed by atoms with Gasteiger partial charge in [-0.05, 0) is 24.3 Å². The largest absolute Gasteiger partial charge is 0.497 e. The van der Waals surface area contributed by atoms with Crippen molar-refractivity contribution >= 4 is 32.2 Å². The van der Waals surface area contributed by atoms with E-state index < -0.39 is 15.9 Å². The molecule has 0 aliphatic carbocycles. The van der Waals surface area contributed by atoms with Crippen LogP contribution in [0, 0.1) is 0 Å². The van der Waals surface area contributed by atoms with Crippen molar-refractivity contribution < 1.29 is 17.9 Å². The molecule has 1 aromatic carbocycles. The number of thiazole rings is 1. The number of fused-ring (bicyclic) bond motifs is 1. The number of aromatic nitrogens is 2. The van der Waals surface area contributed by atoms with Crippen LogP contribution in [0.1, 0.15) is 5.69 Å². The molecule has 0 unspecified atom stereocenters. The van der Waals surface area contributed by atoms with Crippen LogP contribution in [0.5, 0.6) is 5.75 Å². The van der Waals surface area contributed by atoms with Crippen molar-refractivity contribution in [3.8, 4) is 5.75 Å². The van der Waals surface area contributed by atoms with E-state index in [1.807, 2.05) is 11.6 Å². The molecule has 2 N–H and O–H groups in total. The van der Waals surface area contributed by atoms with Crippen LogP contribution in [-0.4, -0.2) is 30.8 Å². The third-order valence-electron chi connectivity index (χ3n) is 3.18. The van der Waals surface area contributed by atoms with Crippen LogP contribution in [0.25, 0.3) is 4.96 Å². The SMILES string of the molecule is COc1ccc(S(=O)(=O)NNC(=O)Cc2cn3ccsc3n2)cc1. The molecule has 2 aromatic heterocycles. The number of carbonyl (C=O) groups is 1. The number of methoxy groups -OCH3 is 1. The van der Waals surface area contributed by atoms with Crippen LogP contribution >= 0.6 is 11.3 Å². The number of hydrogen-bond acceptors (Lipinski definition) is 6. The molecule has 10 heteroatoms. The Bertz CT molecular complexity index is 932. The number of sulfonamides is 1. The molecule has 3 aromatic rings. The molecule has 0 bridgehead atoms. The highest BCUT2D eigenvalue weighted by Gasteiger charge is 2.16. The standard InChI is InChI=1S/C14H14N4O4S2/c1-22-11-2-4-12(5-3-11)24(20,21)17-16-13(19)8-10-9-18-6-7-23-14(18)15-10/h2-7,9,17H,8H2,1H3,(H,16,19). The molecule has 0 radical (unpaired) electrons. The van der Waals surface area contributed by atoms with E-state index in [0.29, 0.717) is 11.4 Å². The molecular weight excluding hydrogens is 352 g/mol. The summed E-state index contributed by atoms with van der Waals surface area (Å²) in [5.74, 6) is 0.0376. The van der Waals surface area contributed by atoms with Gasteiger partial charge < -0.3 is 4.74 Å². The number of nitrogens with zero attached hydrogens (tertiary/aromatic N) is 2. The quantitative estimate of drug-likeness (QED) is 0.633. The molecule has 0 aliphatic heterocycles. The Morgan fingerprint density at radius 2 is 2.08 bits per heavy atom. The van der Waals surface area contributed by atoms with Gasteiger partial charge in [0.1, 0.15) is 5.75 Å². The lowest BCUT2D eigenvalue weighted by Crippen LogP contribution is -2.42. The molecular formula is C14H14N4O4S2. The van der Waals surface area contributed by atoms with Crippen molar-refractivity contribution in [3.05, 3.63) is 47.7 Å². The van der Waals surface area contributed by atoms with E-state index in [9.17, 15) is 13.2 Å². The molecule has 8 nitrogen and oxygen atoms in total. The molecule has 3 rings (SSSR count). The first-order chi connectivity index (χ1) is 11.5. The number of carbonyl (C=O) groups excluding carboxylic acids is 1. The fourth-order valence-electron chi connectivity index (χ4n) is 2.01. The molecule has 2 heterocycles. The molecule has 0 fully saturated rings. The summed E-state index contributed by atoms with van der Waals surface area (Å²) >= 11 is 1.45. The average molecular weight is 366 g/mol. The van der Waals surface area contributed by atoms with Gasteiger partial charge in [-0.3, -0.25) is 14.6 Å². The maximum Gasteiger partial charge on any atom is 0.257 e. The number of imidazole rings is 1. The minimum atomic E-state index is -3.85. The molecule has 0 spiro atoms. The zero-order chi connectivity index (χ0) is 17.2. The summed E-state index contributed by atoms with van der Waals surface area (Å²) in [4.78, 5) is 19.0. The van der Waals surface area contributed by atoms with E-state index in [-0.39, 0.29) is 11.3 Å². The van der Waals surface area contributed by atoms with E-state index in [1.54, 1.807) is 10.6 Å². The first-order valence-corrected chi connectivity index (χ1v) is 9.20. The fraction of sp³-hybridized carbons (Fsp3) is 0.143. The minimum absolute atomic E-state index is 0.0195. The van der Waals surface area contributed by atoms with Gasteiger partial charge in [-0.15, -0.1) is 16.2 Å². The smallest absolute Gasteiger partial charge is 0.257 e. The predicted octanol–water partition coefficient (Wildman–Crippen LogP) is 0.957. The average Bonchev–Trinajstić information content (AvgIpc) is 3.14. The Morgan fingerprint density at radius 3 is 2.75 bits per heavy atom. The molecule has 1 amide bonds. The number of rotatable bonds is 6. The van der Waals surface area contributed by atoms with Gasteiger partial charge in [-0.25, -0.2) is 13.4 Å². The van der Waals surface area contributed by atoms with Crippen LogP contribution in [0.15, 0.2) is 46.9 Å². The Labute approximate surface area is 142 Å². The highest BCUT2D eigenvalue weighted by molar-refractivity contribution is 7.89. The second-order valence-electron chi connectivity index (χ2n) is 4.83. The lowest BCUT2D eigenvalue weighted by atomic mass is 10.3. The molecule has 0 saturated carbocycles. The summed E-state index contributed by atoms with van der Waals surface area (Å²) in [6.45, 7) is 0. The fourth-order valence-corrected chi connectivity index (χ4v) is 3.59. The van der Waals surface area contributed by atoms with Crippen molar-refractivity contribution in [1.29, 1.82) is 0 Å². The van der Waals surface area contributed by atoms with Gasteiger partial charge in [0, 0.05) is 17.8 Å². The Balaban J connectivity index is 1.60. The number of nitrogens with one attached hydrogen (secondary N) is 2. The normalized spacial score (nSPS) is 11.5. The Hall–Kier alpha value is -2.43. The molecule has 126 valence electrons. The third-order valence-corrected chi connectivity index (χ3v) is 5.21. The van der Waals surface area contributed by atoms with Gasteiger partial charge in [0.2, 0.25) is 5.91 Å². The summed E-state index contributed by atoms with van der Waals surface area (Å²) in [5, 5.41) is 1.88. The number of ether oxygens (including phenoxy) is 1. The van der Waals surface area contributed by atoms with Crippen molar-refractivity contribution in [3.63, 3.8) is 0 Å². The second kappa shape index (κ2) is 6.59. The molecule has 0 aliphatic rings. The van der Waals surface area contributed by atoms with Gasteiger partial charge >= 0.3 is 0 Å². The van der Waals surface area contributed by atoms with Crippen molar-refractivity contribution in [2.24, 2.45) is 0 Å². The minimum Gasteiger partial charge on any atom is -0.497 e. The summed E-state index contributed by atoms with van der Waals surface area (Å²) in [7, 11) is -2.36. The zero-order valence-electron chi connectivity index (χ0n) is 12.6. The van der Waals surface area contributed by atoms with Crippen LogP contribution in [0.2, 0.25) is 0 Å². The first kappa shape index (κ1) is 16.4. The molecule has 0 saturated heterocycles. The van der Waals surface area contributed by atoms with Gasteiger partial charge in [0.05, 0.1) is 24.1 Å². The van der Waals surface area contributed by atoms with E-state index in [4.69, 9.17) is 4.74 Å². The van der Waals surface area contributed by atoms with E-state index in [0.717, 1.165) is 4.96 Å². The van der Waals surface area contributed by atoms with Crippen molar-refractivity contribution in [2.45, 2.75) is 11.3 Å². The lowest BCUT2D eigenvalue weighted by molar-refractivity contribution is -0.120. The van der Waals surface area contributed by atoms with E-state index >= 15 is 0 Å². The number of amides is 1. The van der Waals surface area contributed by atoms with Gasteiger partial charge in [-0.1, -0.05) is 0 Å². The zero-order valence-corrected chi connectivity index (χ0v) is 14.2. The maximum atomic E-state index is 12.1. The Morgan fingerprint density at radius 1 is 1.33 bits per heavy atom. The summed E-state index contributed by atoms with van der Waals surface area (Å²) in [6.07, 6.45) is 3.53. The predicted molar refractivity (Wildman–Crippen MR) is 88.2 cm³/mol. The van der Waals surface area contributed by atoms with Crippen molar-refractivity contribution in [2.75, 3.05) is 7.11 Å². The number of hydrazine groups is 1. The monoisotopic (exact) mass is 366 g/mol. The van der Waals surface area contributed by atoms with Gasteiger partial charge in [-0.2, -0.15) is 0 Å². The van der Waals surface area contributed by atoms with Crippen LogP contribution in [-0.2, 0) is 21.2 Å².